The number of carbonyl (C=O) groups is 1. The maximum atomic E-state index is 10.7. The molecule has 0 aromatic rings. The van der Waals surface area contributed by atoms with Crippen molar-refractivity contribution in [2.24, 2.45) is 0 Å². The van der Waals surface area contributed by atoms with Gasteiger partial charge in [0.05, 0.1) is 6.61 Å². The van der Waals surface area contributed by atoms with Crippen molar-refractivity contribution < 1.29 is 44.1 Å². The van der Waals surface area contributed by atoms with Gasteiger partial charge in [0.2, 0.25) is 0 Å². The summed E-state index contributed by atoms with van der Waals surface area (Å²) in [5, 5.41) is 36.7. The average molecular weight is 274 g/mol. The molecule has 0 aromatic heterocycles. The number of carbonyl (C=O) groups excluding carboxylic acids is 1. The first-order valence-electron chi connectivity index (χ1n) is 4.49. The van der Waals surface area contributed by atoms with Gasteiger partial charge in [-0.25, -0.2) is 4.57 Å². The van der Waals surface area contributed by atoms with Gasteiger partial charge in [0.15, 0.2) is 5.78 Å². The Morgan fingerprint density at radius 1 is 1.18 bits per heavy atom. The molecule has 9 nitrogen and oxygen atoms in total. The molecule has 0 heterocycles. The molecule has 0 spiro atoms. The van der Waals surface area contributed by atoms with E-state index in [0.29, 0.717) is 0 Å². The fourth-order valence-corrected chi connectivity index (χ4v) is 1.27. The fraction of sp³-hybridized carbons (Fsp3) is 0.857. The van der Waals surface area contributed by atoms with E-state index in [-0.39, 0.29) is 0 Å². The normalized spacial score (nSPS) is 19.5. The molecule has 0 amide bonds. The van der Waals surface area contributed by atoms with Crippen LogP contribution in [0.3, 0.4) is 0 Å². The molecule has 0 rings (SSSR count). The number of Topliss-reactive ketones (excluding diaryl/α,β-unsaturated/α-hetero) is 1. The van der Waals surface area contributed by atoms with Crippen molar-refractivity contribution in [3.63, 3.8) is 0 Å². The molecule has 0 radical (unpaired) electrons. The second kappa shape index (κ2) is 6.53. The second-order valence-corrected chi connectivity index (χ2v) is 4.63. The Hall–Kier alpha value is -0.380. The summed E-state index contributed by atoms with van der Waals surface area (Å²) < 4.78 is 14.2. The summed E-state index contributed by atoms with van der Waals surface area (Å²) in [5.41, 5.74) is 0. The summed E-state index contributed by atoms with van der Waals surface area (Å²) in [4.78, 5) is 27.3. The average Bonchev–Trinajstić information content (AvgIpc) is 2.21. The van der Waals surface area contributed by atoms with E-state index >= 15 is 0 Å². The first-order chi connectivity index (χ1) is 7.56. The van der Waals surface area contributed by atoms with Crippen molar-refractivity contribution >= 4 is 13.6 Å². The molecule has 0 aromatic carbocycles. The lowest BCUT2D eigenvalue weighted by Crippen LogP contribution is -2.48. The molecule has 4 atom stereocenters. The SMILES string of the molecule is CC(=O)C(O)C(O)C(O)C(O)COP(=O)(O)O. The van der Waals surface area contributed by atoms with Gasteiger partial charge in [-0.1, -0.05) is 0 Å². The molecule has 0 aliphatic carbocycles. The number of aliphatic hydroxyl groups excluding tert-OH is 4. The van der Waals surface area contributed by atoms with Gasteiger partial charge in [-0.2, -0.15) is 0 Å². The van der Waals surface area contributed by atoms with E-state index in [0.717, 1.165) is 6.92 Å². The molecule has 10 heteroatoms. The van der Waals surface area contributed by atoms with Gasteiger partial charge >= 0.3 is 7.82 Å². The van der Waals surface area contributed by atoms with E-state index in [2.05, 4.69) is 4.52 Å². The van der Waals surface area contributed by atoms with Crippen LogP contribution in [0, 0.1) is 0 Å². The molecule has 6 N–H and O–H groups in total. The van der Waals surface area contributed by atoms with Crippen LogP contribution in [0.2, 0.25) is 0 Å². The van der Waals surface area contributed by atoms with Crippen molar-refractivity contribution in [2.45, 2.75) is 31.3 Å². The van der Waals surface area contributed by atoms with E-state index in [4.69, 9.17) is 14.9 Å². The lowest BCUT2D eigenvalue weighted by Gasteiger charge is -2.25. The summed E-state index contributed by atoms with van der Waals surface area (Å²) in [6, 6.07) is 0. The van der Waals surface area contributed by atoms with Crippen LogP contribution in [0.1, 0.15) is 6.92 Å². The maximum absolute atomic E-state index is 10.7. The Morgan fingerprint density at radius 3 is 2.00 bits per heavy atom. The fourth-order valence-electron chi connectivity index (χ4n) is 0.927. The molecule has 0 aliphatic heterocycles. The number of phosphoric acid groups is 1. The van der Waals surface area contributed by atoms with Crippen LogP contribution in [0.5, 0.6) is 0 Å². The zero-order chi connectivity index (χ0) is 13.8. The van der Waals surface area contributed by atoms with Gasteiger partial charge in [0.1, 0.15) is 24.4 Å². The van der Waals surface area contributed by atoms with E-state index in [1.165, 1.54) is 0 Å². The van der Waals surface area contributed by atoms with Crippen LogP contribution in [0.15, 0.2) is 0 Å². The number of rotatable bonds is 7. The molecule has 102 valence electrons. The van der Waals surface area contributed by atoms with Crippen molar-refractivity contribution in [2.75, 3.05) is 6.61 Å². The van der Waals surface area contributed by atoms with E-state index in [1.807, 2.05) is 0 Å². The third-order valence-corrected chi connectivity index (χ3v) is 2.38. The summed E-state index contributed by atoms with van der Waals surface area (Å²) in [7, 11) is -4.81. The second-order valence-electron chi connectivity index (χ2n) is 3.39. The third kappa shape index (κ3) is 6.20. The monoisotopic (exact) mass is 274 g/mol. The molecule has 4 unspecified atom stereocenters. The van der Waals surface area contributed by atoms with Crippen LogP contribution < -0.4 is 0 Å². The Morgan fingerprint density at radius 2 is 1.65 bits per heavy atom. The van der Waals surface area contributed by atoms with Gasteiger partial charge in [-0.15, -0.1) is 0 Å². The van der Waals surface area contributed by atoms with Crippen LogP contribution in [-0.4, -0.2) is 67.0 Å². The number of hydrogen-bond acceptors (Lipinski definition) is 7. The first-order valence-corrected chi connectivity index (χ1v) is 6.02. The van der Waals surface area contributed by atoms with E-state index < -0.39 is 44.6 Å². The minimum Gasteiger partial charge on any atom is -0.388 e. The highest BCUT2D eigenvalue weighted by Crippen LogP contribution is 2.35. The summed E-state index contributed by atoms with van der Waals surface area (Å²) in [5.74, 6) is -0.834. The van der Waals surface area contributed by atoms with Crippen molar-refractivity contribution in [3.05, 3.63) is 0 Å². The Bertz CT molecular complexity index is 300. The van der Waals surface area contributed by atoms with Crippen LogP contribution in [0.4, 0.5) is 0 Å². The van der Waals surface area contributed by atoms with Gasteiger partial charge in [0.25, 0.3) is 0 Å². The van der Waals surface area contributed by atoms with Crippen LogP contribution in [-0.2, 0) is 13.9 Å². The highest BCUT2D eigenvalue weighted by atomic mass is 31.2. The standard InChI is InChI=1S/C7H15O9P/c1-3(8)5(10)7(12)6(11)4(9)2-16-17(13,14)15/h4-7,9-12H,2H2,1H3,(H2,13,14,15). The summed E-state index contributed by atoms with van der Waals surface area (Å²) >= 11 is 0. The molecule has 0 saturated heterocycles. The largest absolute Gasteiger partial charge is 0.469 e. The molecular weight excluding hydrogens is 259 g/mol. The Kier molecular flexibility index (Phi) is 6.38. The predicted molar refractivity (Wildman–Crippen MR) is 52.7 cm³/mol. The van der Waals surface area contributed by atoms with E-state index in [9.17, 15) is 24.7 Å². The Labute approximate surface area is 96.5 Å². The molecule has 17 heavy (non-hydrogen) atoms. The van der Waals surface area contributed by atoms with Crippen LogP contribution in [0.25, 0.3) is 0 Å². The third-order valence-electron chi connectivity index (χ3n) is 1.90. The molecule has 0 saturated carbocycles. The van der Waals surface area contributed by atoms with Crippen LogP contribution >= 0.6 is 7.82 Å². The topological polar surface area (TPSA) is 165 Å². The number of phosphoric ester groups is 1. The maximum Gasteiger partial charge on any atom is 0.469 e. The van der Waals surface area contributed by atoms with Gasteiger partial charge in [0, 0.05) is 0 Å². The highest BCUT2D eigenvalue weighted by Gasteiger charge is 2.33. The van der Waals surface area contributed by atoms with Gasteiger partial charge < -0.3 is 30.2 Å². The molecule has 0 bridgehead atoms. The number of aliphatic hydroxyl groups is 4. The minimum atomic E-state index is -4.81. The highest BCUT2D eigenvalue weighted by molar-refractivity contribution is 7.46. The molecule has 0 fully saturated rings. The van der Waals surface area contributed by atoms with E-state index in [1.54, 1.807) is 0 Å². The minimum absolute atomic E-state index is 0.834. The summed E-state index contributed by atoms with van der Waals surface area (Å²) in [6.07, 6.45) is -7.75. The first kappa shape index (κ1) is 16.6. The van der Waals surface area contributed by atoms with Crippen molar-refractivity contribution in [3.8, 4) is 0 Å². The predicted octanol–water partition coefficient (Wildman–Crippen LogP) is -2.87. The Balaban J connectivity index is 4.34. The zero-order valence-electron chi connectivity index (χ0n) is 8.87. The zero-order valence-corrected chi connectivity index (χ0v) is 9.77. The lowest BCUT2D eigenvalue weighted by atomic mass is 10.0. The molecular formula is C7H15O9P. The smallest absolute Gasteiger partial charge is 0.388 e. The van der Waals surface area contributed by atoms with Crippen molar-refractivity contribution in [1.82, 2.24) is 0 Å². The molecule has 0 aliphatic rings. The summed E-state index contributed by atoms with van der Waals surface area (Å²) in [6.45, 7) is -0.00768. The number of ketones is 1. The van der Waals surface area contributed by atoms with Gasteiger partial charge in [-0.3, -0.25) is 9.32 Å². The van der Waals surface area contributed by atoms with Crippen molar-refractivity contribution in [1.29, 1.82) is 0 Å². The number of hydrogen-bond donors (Lipinski definition) is 6. The lowest BCUT2D eigenvalue weighted by molar-refractivity contribution is -0.144. The van der Waals surface area contributed by atoms with Gasteiger partial charge in [-0.05, 0) is 6.92 Å². The quantitative estimate of drug-likeness (QED) is 0.267.